The van der Waals surface area contributed by atoms with Gasteiger partial charge in [0.05, 0.1) is 25.0 Å². The van der Waals surface area contributed by atoms with Crippen LogP contribution in [0.4, 0.5) is 5.69 Å². The maximum Gasteiger partial charge on any atom is 0.335 e. The second kappa shape index (κ2) is 10.5. The molecule has 0 radical (unpaired) electrons. The Hall–Kier alpha value is -3.45. The summed E-state index contributed by atoms with van der Waals surface area (Å²) in [6.07, 6.45) is 1.67. The first-order valence-electron chi connectivity index (χ1n) is 9.64. The molecule has 0 fully saturated rings. The van der Waals surface area contributed by atoms with Gasteiger partial charge < -0.3 is 24.6 Å². The zero-order valence-electron chi connectivity index (χ0n) is 17.2. The Morgan fingerprint density at radius 2 is 1.81 bits per heavy atom. The van der Waals surface area contributed by atoms with Gasteiger partial charge in [0.15, 0.2) is 11.5 Å². The third kappa shape index (κ3) is 6.02. The highest BCUT2D eigenvalue weighted by Crippen LogP contribution is 2.31. The highest BCUT2D eigenvalue weighted by molar-refractivity contribution is 6.29. The van der Waals surface area contributed by atoms with E-state index < -0.39 is 5.97 Å². The van der Waals surface area contributed by atoms with Crippen LogP contribution < -0.4 is 19.5 Å². The third-order valence-corrected chi connectivity index (χ3v) is 4.64. The molecule has 0 aliphatic rings. The van der Waals surface area contributed by atoms with Crippen LogP contribution in [0.15, 0.2) is 54.7 Å². The molecule has 0 aliphatic heterocycles. The molecule has 0 spiro atoms. The second-order valence-electron chi connectivity index (χ2n) is 6.57. The zero-order valence-corrected chi connectivity index (χ0v) is 18.0. The summed E-state index contributed by atoms with van der Waals surface area (Å²) in [4.78, 5) is 15.3. The number of rotatable bonds is 10. The SMILES string of the molecule is CCOc1cc(CNc2cc(C(=O)O)ccc2OC)ccc1OCc1ccc(Cl)nc1. The first-order chi connectivity index (χ1) is 15.0. The molecule has 3 aromatic rings. The Morgan fingerprint density at radius 3 is 2.48 bits per heavy atom. The molecule has 0 atom stereocenters. The lowest BCUT2D eigenvalue weighted by atomic mass is 10.1. The lowest BCUT2D eigenvalue weighted by Gasteiger charge is -2.15. The van der Waals surface area contributed by atoms with E-state index in [0.29, 0.717) is 47.8 Å². The molecule has 31 heavy (non-hydrogen) atoms. The van der Waals surface area contributed by atoms with Crippen LogP contribution in [-0.4, -0.2) is 29.8 Å². The van der Waals surface area contributed by atoms with Gasteiger partial charge in [0.2, 0.25) is 0 Å². The van der Waals surface area contributed by atoms with Crippen LogP contribution in [-0.2, 0) is 13.2 Å². The summed E-state index contributed by atoms with van der Waals surface area (Å²) < 4.78 is 17.0. The Morgan fingerprint density at radius 1 is 1.03 bits per heavy atom. The first-order valence-corrected chi connectivity index (χ1v) is 10.0. The van der Waals surface area contributed by atoms with Gasteiger partial charge in [-0.25, -0.2) is 9.78 Å². The van der Waals surface area contributed by atoms with Gasteiger partial charge in [0.1, 0.15) is 17.5 Å². The Labute approximate surface area is 185 Å². The molecule has 7 nitrogen and oxygen atoms in total. The molecule has 8 heteroatoms. The molecule has 162 valence electrons. The molecule has 0 amide bonds. The summed E-state index contributed by atoms with van der Waals surface area (Å²) in [7, 11) is 1.54. The summed E-state index contributed by atoms with van der Waals surface area (Å²) in [5.41, 5.74) is 2.60. The fourth-order valence-corrected chi connectivity index (χ4v) is 2.99. The number of carboxylic acids is 1. The predicted octanol–water partition coefficient (Wildman–Crippen LogP) is 5.03. The number of ether oxygens (including phenoxy) is 3. The number of hydrogen-bond donors (Lipinski definition) is 2. The highest BCUT2D eigenvalue weighted by atomic mass is 35.5. The lowest BCUT2D eigenvalue weighted by Crippen LogP contribution is -2.05. The van der Waals surface area contributed by atoms with E-state index >= 15 is 0 Å². The number of methoxy groups -OCH3 is 1. The maximum atomic E-state index is 11.3. The average molecular weight is 443 g/mol. The normalized spacial score (nSPS) is 10.4. The van der Waals surface area contributed by atoms with E-state index in [4.69, 9.17) is 25.8 Å². The molecule has 1 heterocycles. The fraction of sp³-hybridized carbons (Fsp3) is 0.217. The number of anilines is 1. The van der Waals surface area contributed by atoms with Crippen molar-refractivity contribution in [2.45, 2.75) is 20.1 Å². The number of aromatic carboxylic acids is 1. The first kappa shape index (κ1) is 22.2. The van der Waals surface area contributed by atoms with Crippen LogP contribution in [0.5, 0.6) is 17.2 Å². The van der Waals surface area contributed by atoms with Crippen molar-refractivity contribution in [1.29, 1.82) is 0 Å². The van der Waals surface area contributed by atoms with Gasteiger partial charge in [-0.2, -0.15) is 0 Å². The smallest absolute Gasteiger partial charge is 0.335 e. The molecule has 0 aliphatic carbocycles. The van der Waals surface area contributed by atoms with Crippen LogP contribution >= 0.6 is 11.6 Å². The van der Waals surface area contributed by atoms with E-state index in [-0.39, 0.29) is 5.56 Å². The number of hydrogen-bond acceptors (Lipinski definition) is 6. The third-order valence-electron chi connectivity index (χ3n) is 4.42. The fourth-order valence-electron chi connectivity index (χ4n) is 2.88. The molecule has 3 rings (SSSR count). The van der Waals surface area contributed by atoms with Gasteiger partial charge in [0.25, 0.3) is 0 Å². The Balaban J connectivity index is 1.72. The van der Waals surface area contributed by atoms with Crippen LogP contribution in [0.2, 0.25) is 5.15 Å². The summed E-state index contributed by atoms with van der Waals surface area (Å²) in [5, 5.41) is 12.9. The monoisotopic (exact) mass is 442 g/mol. The largest absolute Gasteiger partial charge is 0.495 e. The number of halogens is 1. The number of nitrogens with one attached hydrogen (secondary N) is 1. The number of nitrogens with zero attached hydrogens (tertiary/aromatic N) is 1. The van der Waals surface area contributed by atoms with Crippen molar-refractivity contribution in [3.05, 3.63) is 76.6 Å². The molecule has 1 aromatic heterocycles. The molecular weight excluding hydrogens is 420 g/mol. The average Bonchev–Trinajstić information content (AvgIpc) is 2.78. The van der Waals surface area contributed by atoms with Crippen LogP contribution in [0.3, 0.4) is 0 Å². The van der Waals surface area contributed by atoms with Gasteiger partial charge in [-0.15, -0.1) is 0 Å². The van der Waals surface area contributed by atoms with E-state index in [1.165, 1.54) is 13.2 Å². The van der Waals surface area contributed by atoms with Gasteiger partial charge in [-0.3, -0.25) is 0 Å². The number of pyridine rings is 1. The van der Waals surface area contributed by atoms with E-state index in [2.05, 4.69) is 10.3 Å². The van der Waals surface area contributed by atoms with Crippen molar-refractivity contribution in [3.8, 4) is 17.2 Å². The lowest BCUT2D eigenvalue weighted by molar-refractivity contribution is 0.0697. The van der Waals surface area contributed by atoms with Crippen molar-refractivity contribution in [2.75, 3.05) is 19.0 Å². The van der Waals surface area contributed by atoms with Crippen molar-refractivity contribution < 1.29 is 24.1 Å². The summed E-state index contributed by atoms with van der Waals surface area (Å²) in [5.74, 6) is 0.800. The summed E-state index contributed by atoms with van der Waals surface area (Å²) in [6.45, 7) is 3.17. The molecule has 0 saturated heterocycles. The van der Waals surface area contributed by atoms with Gasteiger partial charge >= 0.3 is 5.97 Å². The van der Waals surface area contributed by atoms with E-state index in [0.717, 1.165) is 11.1 Å². The minimum atomic E-state index is -0.998. The standard InChI is InChI=1S/C23H23ClN2O5/c1-3-30-21-10-15(4-7-20(21)31-14-16-5-9-22(24)26-13-16)12-25-18-11-17(23(27)28)6-8-19(18)29-2/h4-11,13,25H,3,12,14H2,1-2H3,(H,27,28). The Kier molecular flexibility index (Phi) is 7.56. The van der Waals surface area contributed by atoms with E-state index in [1.54, 1.807) is 24.4 Å². The van der Waals surface area contributed by atoms with Crippen molar-refractivity contribution in [1.82, 2.24) is 4.98 Å². The second-order valence-corrected chi connectivity index (χ2v) is 6.95. The Bertz CT molecular complexity index is 1040. The molecule has 2 aromatic carbocycles. The van der Waals surface area contributed by atoms with Crippen LogP contribution in [0.1, 0.15) is 28.4 Å². The van der Waals surface area contributed by atoms with Crippen molar-refractivity contribution in [2.24, 2.45) is 0 Å². The van der Waals surface area contributed by atoms with Crippen molar-refractivity contribution >= 4 is 23.3 Å². The number of aromatic nitrogens is 1. The topological polar surface area (TPSA) is 89.9 Å². The predicted molar refractivity (Wildman–Crippen MR) is 118 cm³/mol. The molecule has 0 bridgehead atoms. The van der Waals surface area contributed by atoms with Gasteiger partial charge in [0, 0.05) is 18.3 Å². The summed E-state index contributed by atoms with van der Waals surface area (Å²) in [6, 6.07) is 13.9. The minimum Gasteiger partial charge on any atom is -0.495 e. The van der Waals surface area contributed by atoms with Crippen LogP contribution in [0.25, 0.3) is 0 Å². The van der Waals surface area contributed by atoms with Crippen LogP contribution in [0, 0.1) is 0 Å². The quantitative estimate of drug-likeness (QED) is 0.425. The number of carbonyl (C=O) groups is 1. The highest BCUT2D eigenvalue weighted by Gasteiger charge is 2.11. The molecule has 0 unspecified atom stereocenters. The summed E-state index contributed by atoms with van der Waals surface area (Å²) >= 11 is 5.82. The van der Waals surface area contributed by atoms with E-state index in [9.17, 15) is 9.90 Å². The van der Waals surface area contributed by atoms with Crippen molar-refractivity contribution in [3.63, 3.8) is 0 Å². The molecular formula is C23H23ClN2O5. The maximum absolute atomic E-state index is 11.3. The number of carboxylic acid groups (broad SMARTS) is 1. The van der Waals surface area contributed by atoms with E-state index in [1.807, 2.05) is 31.2 Å². The molecule has 0 saturated carbocycles. The van der Waals surface area contributed by atoms with Gasteiger partial charge in [-0.1, -0.05) is 23.7 Å². The zero-order chi connectivity index (χ0) is 22.2. The molecule has 2 N–H and O–H groups in total. The minimum absolute atomic E-state index is 0.179. The number of benzene rings is 2. The van der Waals surface area contributed by atoms with Gasteiger partial charge in [-0.05, 0) is 48.9 Å².